The molecule has 0 aliphatic carbocycles. The molecule has 8 nitrogen and oxygen atoms in total. The fourth-order valence-electron chi connectivity index (χ4n) is 3.82. The van der Waals surface area contributed by atoms with Crippen molar-refractivity contribution >= 4 is 21.8 Å². The van der Waals surface area contributed by atoms with Crippen molar-refractivity contribution < 1.29 is 17.9 Å². The molecule has 2 rings (SSSR count). The van der Waals surface area contributed by atoms with Crippen LogP contribution in [0.4, 0.5) is 10.5 Å². The van der Waals surface area contributed by atoms with Gasteiger partial charge in [0.2, 0.25) is 10.0 Å². The second-order valence-corrected chi connectivity index (χ2v) is 12.2. The molecule has 0 saturated carbocycles. The normalized spacial score (nSPS) is 18.0. The van der Waals surface area contributed by atoms with E-state index in [9.17, 15) is 18.5 Å². The molecular weight excluding hydrogens is 428 g/mol. The minimum Gasteiger partial charge on any atom is -0.443 e. The molecular formula is C23H36N4O4S. The molecule has 1 aromatic rings. The van der Waals surface area contributed by atoms with Gasteiger partial charge in [0.1, 0.15) is 11.1 Å². The Morgan fingerprint density at radius 2 is 1.78 bits per heavy atom. The zero-order valence-electron chi connectivity index (χ0n) is 20.2. The number of nitrogens with zero attached hydrogens (tertiary/aromatic N) is 3. The molecule has 0 radical (unpaired) electrons. The van der Waals surface area contributed by atoms with E-state index in [1.54, 1.807) is 14.0 Å². The number of carbonyl (C=O) groups is 1. The number of hydrogen-bond acceptors (Lipinski definition) is 6. The molecule has 1 aromatic carbocycles. The first kappa shape index (κ1) is 26.1. The van der Waals surface area contributed by atoms with E-state index < -0.39 is 32.5 Å². The Morgan fingerprint density at radius 1 is 1.28 bits per heavy atom. The van der Waals surface area contributed by atoms with Crippen molar-refractivity contribution in [1.82, 2.24) is 4.31 Å². The number of nitriles is 1. The third-order valence-corrected chi connectivity index (χ3v) is 8.20. The van der Waals surface area contributed by atoms with E-state index in [1.165, 1.54) is 9.21 Å². The number of anilines is 1. The molecule has 1 heterocycles. The number of amides is 1. The van der Waals surface area contributed by atoms with E-state index in [0.29, 0.717) is 24.9 Å². The predicted octanol–water partition coefficient (Wildman–Crippen LogP) is 3.25. The Kier molecular flexibility index (Phi) is 7.65. The lowest BCUT2D eigenvalue weighted by atomic mass is 9.91. The lowest BCUT2D eigenvalue weighted by Gasteiger charge is -2.35. The van der Waals surface area contributed by atoms with E-state index in [4.69, 9.17) is 10.5 Å². The first-order valence-electron chi connectivity index (χ1n) is 10.9. The summed E-state index contributed by atoms with van der Waals surface area (Å²) in [6.45, 7) is 11.5. The first-order chi connectivity index (χ1) is 14.6. The Balaban J connectivity index is 2.17. The molecule has 32 heavy (non-hydrogen) atoms. The molecule has 9 heteroatoms. The minimum atomic E-state index is -3.53. The molecule has 1 aliphatic rings. The monoisotopic (exact) mass is 464 g/mol. The fraction of sp³-hybridized carbons (Fsp3) is 0.652. The highest BCUT2D eigenvalue weighted by molar-refractivity contribution is 7.89. The molecule has 1 amide bonds. The second-order valence-electron chi connectivity index (χ2n) is 9.82. The third-order valence-electron chi connectivity index (χ3n) is 5.93. The van der Waals surface area contributed by atoms with Crippen LogP contribution in [0.25, 0.3) is 0 Å². The summed E-state index contributed by atoms with van der Waals surface area (Å²) in [5.74, 6) is 0. The summed E-state index contributed by atoms with van der Waals surface area (Å²) in [5.41, 5.74) is 7.92. The SMILES string of the molecule is Cc1cc(N(C)C(=O)OC(C)(C)C)cc(C)c1CC(C)S(=O)(=O)N1CCC(N)(C#N)CC1. The van der Waals surface area contributed by atoms with Gasteiger partial charge in [-0.15, -0.1) is 0 Å². The summed E-state index contributed by atoms with van der Waals surface area (Å²) < 4.78 is 33.2. The maximum atomic E-state index is 13.1. The maximum absolute atomic E-state index is 13.1. The van der Waals surface area contributed by atoms with Crippen molar-refractivity contribution in [3.05, 3.63) is 28.8 Å². The first-order valence-corrected chi connectivity index (χ1v) is 12.4. The summed E-state index contributed by atoms with van der Waals surface area (Å²) in [4.78, 5) is 13.9. The highest BCUT2D eigenvalue weighted by atomic mass is 32.2. The lowest BCUT2D eigenvalue weighted by Crippen LogP contribution is -2.52. The smallest absolute Gasteiger partial charge is 0.414 e. The number of hydrogen-bond donors (Lipinski definition) is 1. The highest BCUT2D eigenvalue weighted by Crippen LogP contribution is 2.28. The van der Waals surface area contributed by atoms with E-state index in [1.807, 2.05) is 46.8 Å². The van der Waals surface area contributed by atoms with Crippen LogP contribution in [0.2, 0.25) is 0 Å². The number of rotatable bonds is 5. The van der Waals surface area contributed by atoms with Crippen LogP contribution >= 0.6 is 0 Å². The summed E-state index contributed by atoms with van der Waals surface area (Å²) in [6.07, 6.45) is 0.579. The minimum absolute atomic E-state index is 0.258. The Morgan fingerprint density at radius 3 is 2.22 bits per heavy atom. The van der Waals surface area contributed by atoms with Gasteiger partial charge in [-0.1, -0.05) is 0 Å². The van der Waals surface area contributed by atoms with Gasteiger partial charge in [0.15, 0.2) is 0 Å². The molecule has 1 unspecified atom stereocenters. The number of nitrogens with two attached hydrogens (primary N) is 1. The standard InChI is InChI=1S/C23H36N4O4S/c1-16-12-19(26(7)21(28)31-22(4,5)6)13-17(2)20(16)14-18(3)32(29,30)27-10-8-23(25,15-24)9-11-27/h12-13,18H,8-11,14,25H2,1-7H3. The summed E-state index contributed by atoms with van der Waals surface area (Å²) >= 11 is 0. The number of aryl methyl sites for hydroxylation is 2. The Bertz CT molecular complexity index is 977. The van der Waals surface area contributed by atoms with Crippen LogP contribution in [-0.2, 0) is 21.2 Å². The highest BCUT2D eigenvalue weighted by Gasteiger charge is 2.37. The zero-order chi connectivity index (χ0) is 24.5. The van der Waals surface area contributed by atoms with Gasteiger partial charge < -0.3 is 10.5 Å². The molecule has 178 valence electrons. The zero-order valence-corrected chi connectivity index (χ0v) is 21.0. The largest absolute Gasteiger partial charge is 0.443 e. The van der Waals surface area contributed by atoms with Crippen LogP contribution in [0.3, 0.4) is 0 Å². The molecule has 1 fully saturated rings. The van der Waals surface area contributed by atoms with Crippen molar-refractivity contribution in [1.29, 1.82) is 5.26 Å². The molecule has 1 atom stereocenters. The fourth-order valence-corrected chi connectivity index (χ4v) is 5.40. The van der Waals surface area contributed by atoms with Crippen molar-refractivity contribution in [3.8, 4) is 6.07 Å². The number of carbonyl (C=O) groups excluding carboxylic acids is 1. The average molecular weight is 465 g/mol. The number of sulfonamides is 1. The van der Waals surface area contributed by atoms with Gasteiger partial charge >= 0.3 is 6.09 Å². The van der Waals surface area contributed by atoms with E-state index >= 15 is 0 Å². The Labute approximate surface area is 192 Å². The summed E-state index contributed by atoms with van der Waals surface area (Å²) in [5, 5.41) is 8.56. The van der Waals surface area contributed by atoms with Gasteiger partial charge in [0.25, 0.3) is 0 Å². The summed E-state index contributed by atoms with van der Waals surface area (Å²) in [7, 11) is -1.87. The van der Waals surface area contributed by atoms with Gasteiger partial charge in [-0.3, -0.25) is 4.90 Å². The van der Waals surface area contributed by atoms with Crippen molar-refractivity contribution in [3.63, 3.8) is 0 Å². The van der Waals surface area contributed by atoms with Crippen LogP contribution in [0.5, 0.6) is 0 Å². The van der Waals surface area contributed by atoms with E-state index in [-0.39, 0.29) is 13.1 Å². The molecule has 1 aliphatic heterocycles. The second kappa shape index (κ2) is 9.38. The quantitative estimate of drug-likeness (QED) is 0.715. The molecule has 0 spiro atoms. The number of piperidine rings is 1. The van der Waals surface area contributed by atoms with Crippen LogP contribution in [0.1, 0.15) is 57.2 Å². The van der Waals surface area contributed by atoms with Gasteiger partial charge in [-0.25, -0.2) is 17.5 Å². The topological polar surface area (TPSA) is 117 Å². The van der Waals surface area contributed by atoms with Gasteiger partial charge in [-0.05, 0) is 89.6 Å². The van der Waals surface area contributed by atoms with Crippen LogP contribution < -0.4 is 10.6 Å². The van der Waals surface area contributed by atoms with Crippen LogP contribution in [0.15, 0.2) is 12.1 Å². The van der Waals surface area contributed by atoms with Gasteiger partial charge in [0, 0.05) is 25.8 Å². The van der Waals surface area contributed by atoms with Crippen molar-refractivity contribution in [2.45, 2.75) is 77.2 Å². The Hall–Kier alpha value is -2.15. The third kappa shape index (κ3) is 6.00. The predicted molar refractivity (Wildman–Crippen MR) is 126 cm³/mol. The molecule has 2 N–H and O–H groups in total. The molecule has 0 aromatic heterocycles. The number of ether oxygens (including phenoxy) is 1. The molecule has 0 bridgehead atoms. The lowest BCUT2D eigenvalue weighted by molar-refractivity contribution is 0.0589. The van der Waals surface area contributed by atoms with E-state index in [2.05, 4.69) is 6.07 Å². The molecule has 1 saturated heterocycles. The van der Waals surface area contributed by atoms with E-state index in [0.717, 1.165) is 16.7 Å². The van der Waals surface area contributed by atoms with Gasteiger partial charge in [0.05, 0.1) is 11.3 Å². The summed E-state index contributed by atoms with van der Waals surface area (Å²) in [6, 6.07) is 5.84. The van der Waals surface area contributed by atoms with Crippen molar-refractivity contribution in [2.24, 2.45) is 5.73 Å². The van der Waals surface area contributed by atoms with Crippen LogP contribution in [0, 0.1) is 25.2 Å². The van der Waals surface area contributed by atoms with Crippen molar-refractivity contribution in [2.75, 3.05) is 25.0 Å². The average Bonchev–Trinajstić information content (AvgIpc) is 2.68. The van der Waals surface area contributed by atoms with Gasteiger partial charge in [-0.2, -0.15) is 5.26 Å². The number of benzene rings is 1. The maximum Gasteiger partial charge on any atom is 0.414 e. The van der Waals surface area contributed by atoms with Crippen LogP contribution in [-0.4, -0.2) is 55.3 Å².